The number of fused-ring (bicyclic) bond motifs is 1. The highest BCUT2D eigenvalue weighted by atomic mass is 35.5. The van der Waals surface area contributed by atoms with E-state index in [0.29, 0.717) is 16.1 Å². The van der Waals surface area contributed by atoms with Crippen molar-refractivity contribution in [1.82, 2.24) is 4.90 Å². The number of hydrogen-bond donors (Lipinski definition) is 2. The summed E-state index contributed by atoms with van der Waals surface area (Å²) < 4.78 is 0. The van der Waals surface area contributed by atoms with E-state index in [-0.39, 0.29) is 0 Å². The quantitative estimate of drug-likeness (QED) is 0.842. The van der Waals surface area contributed by atoms with Gasteiger partial charge in [0.1, 0.15) is 4.99 Å². The summed E-state index contributed by atoms with van der Waals surface area (Å²) in [5.41, 5.74) is 7.66. The van der Waals surface area contributed by atoms with Crippen LogP contribution in [0.2, 0.25) is 5.02 Å². The Bertz CT molecular complexity index is 520. The average molecular weight is 310 g/mol. The molecule has 0 spiro atoms. The highest BCUT2D eigenvalue weighted by Crippen LogP contribution is 2.30. The Hall–Kier alpha value is -0.840. The number of benzene rings is 1. The minimum atomic E-state index is 0.397. The highest BCUT2D eigenvalue weighted by Gasteiger charge is 2.31. The number of halogens is 1. The first-order valence-corrected chi connectivity index (χ1v) is 8.02. The Morgan fingerprint density at radius 2 is 2.20 bits per heavy atom. The van der Waals surface area contributed by atoms with E-state index in [2.05, 4.69) is 10.2 Å². The summed E-state index contributed by atoms with van der Waals surface area (Å²) in [5, 5.41) is 4.29. The van der Waals surface area contributed by atoms with Crippen LogP contribution in [0, 0.1) is 0 Å². The predicted octanol–water partition coefficient (Wildman–Crippen LogP) is 3.01. The van der Waals surface area contributed by atoms with E-state index in [1.807, 2.05) is 18.2 Å². The van der Waals surface area contributed by atoms with Crippen LogP contribution in [0.4, 0.5) is 5.69 Å². The number of anilines is 1. The lowest BCUT2D eigenvalue weighted by Gasteiger charge is -2.35. The molecule has 3 N–H and O–H groups in total. The number of nitrogens with one attached hydrogen (secondary N) is 1. The van der Waals surface area contributed by atoms with Gasteiger partial charge in [0.25, 0.3) is 0 Å². The number of thiocarbonyl (C=S) groups is 1. The maximum atomic E-state index is 6.03. The van der Waals surface area contributed by atoms with Gasteiger partial charge in [-0.05, 0) is 50.4 Å². The minimum absolute atomic E-state index is 0.397. The van der Waals surface area contributed by atoms with Crippen molar-refractivity contribution < 1.29 is 0 Å². The third-order valence-corrected chi connectivity index (χ3v) is 4.88. The van der Waals surface area contributed by atoms with Crippen molar-refractivity contribution in [1.29, 1.82) is 0 Å². The summed E-state index contributed by atoms with van der Waals surface area (Å²) >= 11 is 11.1. The van der Waals surface area contributed by atoms with Gasteiger partial charge in [-0.2, -0.15) is 0 Å². The second kappa shape index (κ2) is 5.88. The zero-order chi connectivity index (χ0) is 14.1. The zero-order valence-electron chi connectivity index (χ0n) is 11.4. The van der Waals surface area contributed by atoms with Gasteiger partial charge in [-0.25, -0.2) is 0 Å². The van der Waals surface area contributed by atoms with Gasteiger partial charge in [0.15, 0.2) is 0 Å². The van der Waals surface area contributed by atoms with Gasteiger partial charge in [0, 0.05) is 34.9 Å². The van der Waals surface area contributed by atoms with Crippen LogP contribution in [0.25, 0.3) is 0 Å². The molecule has 0 aliphatic carbocycles. The third-order valence-electron chi connectivity index (χ3n) is 4.43. The fraction of sp³-hybridized carbons (Fsp3) is 0.533. The summed E-state index contributed by atoms with van der Waals surface area (Å²) in [6.07, 6.45) is 5.06. The topological polar surface area (TPSA) is 41.3 Å². The Balaban J connectivity index is 1.73. The molecule has 0 aromatic heterocycles. The molecule has 5 heteroatoms. The van der Waals surface area contributed by atoms with E-state index < -0.39 is 0 Å². The molecule has 0 saturated carbocycles. The molecule has 3 nitrogen and oxygen atoms in total. The fourth-order valence-corrected chi connectivity index (χ4v) is 3.76. The number of piperidine rings is 1. The molecule has 0 bridgehead atoms. The van der Waals surface area contributed by atoms with E-state index in [0.717, 1.165) is 17.3 Å². The Morgan fingerprint density at radius 3 is 3.00 bits per heavy atom. The van der Waals surface area contributed by atoms with Crippen LogP contribution in [-0.4, -0.2) is 35.1 Å². The smallest absolute Gasteiger partial charge is 0.106 e. The molecule has 2 heterocycles. The predicted molar refractivity (Wildman–Crippen MR) is 88.6 cm³/mol. The van der Waals surface area contributed by atoms with Crippen LogP contribution in [0.3, 0.4) is 0 Å². The van der Waals surface area contributed by atoms with Gasteiger partial charge in [-0.3, -0.25) is 0 Å². The average Bonchev–Trinajstić information content (AvgIpc) is 2.88. The summed E-state index contributed by atoms with van der Waals surface area (Å²) in [5.74, 6) is 0. The van der Waals surface area contributed by atoms with Crippen molar-refractivity contribution in [3.05, 3.63) is 28.8 Å². The monoisotopic (exact) mass is 309 g/mol. The summed E-state index contributed by atoms with van der Waals surface area (Å²) in [7, 11) is 0. The first-order valence-electron chi connectivity index (χ1n) is 7.23. The molecule has 3 rings (SSSR count). The number of nitrogens with two attached hydrogens (primary N) is 1. The largest absolute Gasteiger partial charge is 0.389 e. The van der Waals surface area contributed by atoms with Crippen molar-refractivity contribution in [3.63, 3.8) is 0 Å². The van der Waals surface area contributed by atoms with Gasteiger partial charge >= 0.3 is 0 Å². The molecule has 0 amide bonds. The first kappa shape index (κ1) is 14.1. The van der Waals surface area contributed by atoms with Crippen molar-refractivity contribution >= 4 is 34.5 Å². The Labute approximate surface area is 130 Å². The zero-order valence-corrected chi connectivity index (χ0v) is 13.0. The van der Waals surface area contributed by atoms with Crippen LogP contribution >= 0.6 is 23.8 Å². The van der Waals surface area contributed by atoms with Crippen molar-refractivity contribution in [2.24, 2.45) is 5.73 Å². The van der Waals surface area contributed by atoms with E-state index in [1.54, 1.807) is 0 Å². The van der Waals surface area contributed by atoms with Crippen molar-refractivity contribution in [2.45, 2.75) is 37.8 Å². The maximum Gasteiger partial charge on any atom is 0.106 e. The van der Waals surface area contributed by atoms with E-state index in [4.69, 9.17) is 29.6 Å². The Kier molecular flexibility index (Phi) is 4.15. The summed E-state index contributed by atoms with van der Waals surface area (Å²) in [6, 6.07) is 6.97. The molecule has 20 heavy (non-hydrogen) atoms. The van der Waals surface area contributed by atoms with Crippen LogP contribution in [0.1, 0.15) is 31.2 Å². The minimum Gasteiger partial charge on any atom is -0.389 e. The van der Waals surface area contributed by atoms with E-state index in [9.17, 15) is 0 Å². The van der Waals surface area contributed by atoms with Crippen LogP contribution in [0.15, 0.2) is 18.2 Å². The number of rotatable bonds is 3. The van der Waals surface area contributed by atoms with E-state index >= 15 is 0 Å². The molecule has 2 saturated heterocycles. The number of hydrogen-bond acceptors (Lipinski definition) is 3. The van der Waals surface area contributed by atoms with Crippen molar-refractivity contribution in [2.75, 3.05) is 18.4 Å². The third kappa shape index (κ3) is 2.92. The molecule has 1 aromatic rings. The highest BCUT2D eigenvalue weighted by molar-refractivity contribution is 7.80. The van der Waals surface area contributed by atoms with Crippen LogP contribution < -0.4 is 11.1 Å². The molecule has 1 aromatic carbocycles. The summed E-state index contributed by atoms with van der Waals surface area (Å²) in [4.78, 5) is 3.02. The summed E-state index contributed by atoms with van der Waals surface area (Å²) in [6.45, 7) is 2.47. The van der Waals surface area contributed by atoms with Gasteiger partial charge in [-0.1, -0.05) is 23.8 Å². The lowest BCUT2D eigenvalue weighted by Crippen LogP contribution is -2.42. The second-order valence-electron chi connectivity index (χ2n) is 5.75. The molecule has 2 aliphatic heterocycles. The van der Waals surface area contributed by atoms with Gasteiger partial charge in [-0.15, -0.1) is 0 Å². The first-order chi connectivity index (χ1) is 9.63. The van der Waals surface area contributed by atoms with Crippen LogP contribution in [0.5, 0.6) is 0 Å². The fourth-order valence-electron chi connectivity index (χ4n) is 3.42. The molecule has 108 valence electrons. The van der Waals surface area contributed by atoms with Gasteiger partial charge in [0.05, 0.1) is 0 Å². The molecule has 0 radical (unpaired) electrons. The maximum absolute atomic E-state index is 6.03. The normalized spacial score (nSPS) is 26.2. The molecular formula is C15H20ClN3S. The van der Waals surface area contributed by atoms with Gasteiger partial charge in [0.2, 0.25) is 0 Å². The molecule has 2 fully saturated rings. The molecule has 2 unspecified atom stereocenters. The van der Waals surface area contributed by atoms with Crippen LogP contribution in [-0.2, 0) is 0 Å². The van der Waals surface area contributed by atoms with Crippen molar-refractivity contribution in [3.8, 4) is 0 Å². The van der Waals surface area contributed by atoms with E-state index in [1.165, 1.54) is 38.8 Å². The lowest BCUT2D eigenvalue weighted by atomic mass is 9.97. The molecule has 2 atom stereocenters. The SMILES string of the molecule is NC(=S)c1cc(Cl)ccc1NC1CCN2CCCC2C1. The number of nitrogens with zero attached hydrogens (tertiary/aromatic N) is 1. The lowest BCUT2D eigenvalue weighted by molar-refractivity contribution is 0.188. The standard InChI is InChI=1S/C15H20ClN3S/c16-10-3-4-14(13(8-10)15(17)20)18-11-5-7-19-6-1-2-12(19)9-11/h3-4,8,11-12,18H,1-2,5-7,9H2,(H2,17,20). The Morgan fingerprint density at radius 1 is 1.35 bits per heavy atom. The van der Waals surface area contributed by atoms with Gasteiger partial charge < -0.3 is 16.0 Å². The second-order valence-corrected chi connectivity index (χ2v) is 6.63. The molecule has 2 aliphatic rings. The molecular weight excluding hydrogens is 290 g/mol.